The van der Waals surface area contributed by atoms with Crippen molar-refractivity contribution in [3.05, 3.63) is 28.8 Å². The van der Waals surface area contributed by atoms with Crippen LogP contribution in [0.15, 0.2) is 18.2 Å². The van der Waals surface area contributed by atoms with E-state index in [1.165, 1.54) is 35.6 Å². The lowest BCUT2D eigenvalue weighted by atomic mass is 10.1. The molecule has 2 rings (SSSR count). The highest BCUT2D eigenvalue weighted by Crippen LogP contribution is 2.24. The minimum Gasteiger partial charge on any atom is -0.381 e. The van der Waals surface area contributed by atoms with E-state index in [4.69, 9.17) is 11.6 Å². The predicted octanol–water partition coefficient (Wildman–Crippen LogP) is 3.96. The van der Waals surface area contributed by atoms with Gasteiger partial charge in [-0.1, -0.05) is 11.6 Å². The van der Waals surface area contributed by atoms with E-state index in [2.05, 4.69) is 18.3 Å². The summed E-state index contributed by atoms with van der Waals surface area (Å²) in [5, 5.41) is 4.41. The maximum absolute atomic E-state index is 5.93. The molecule has 0 bridgehead atoms. The lowest BCUT2D eigenvalue weighted by molar-refractivity contribution is 0.684. The van der Waals surface area contributed by atoms with Crippen molar-refractivity contribution in [1.82, 2.24) is 0 Å². The Morgan fingerprint density at radius 3 is 3.00 bits per heavy atom. The largest absolute Gasteiger partial charge is 0.381 e. The predicted molar refractivity (Wildman–Crippen MR) is 70.2 cm³/mol. The molecule has 0 amide bonds. The summed E-state index contributed by atoms with van der Waals surface area (Å²) in [6, 6.07) is 6.67. The molecule has 82 valence electrons. The molecule has 1 heterocycles. The fourth-order valence-corrected chi connectivity index (χ4v) is 3.16. The highest BCUT2D eigenvalue weighted by molar-refractivity contribution is 7.99. The second kappa shape index (κ2) is 5.13. The summed E-state index contributed by atoms with van der Waals surface area (Å²) in [4.78, 5) is 0. The fraction of sp³-hybridized carbons (Fsp3) is 0.500. The van der Waals surface area contributed by atoms with Gasteiger partial charge in [0.15, 0.2) is 0 Å². The molecule has 1 N–H and O–H groups in total. The molecular weight excluding hydrogens is 226 g/mol. The molecule has 1 aromatic rings. The summed E-state index contributed by atoms with van der Waals surface area (Å²) in [7, 11) is 0. The maximum Gasteiger partial charge on any atom is 0.0410 e. The van der Waals surface area contributed by atoms with Crippen molar-refractivity contribution < 1.29 is 0 Å². The molecule has 1 aliphatic heterocycles. The standard InChI is InChI=1S/C12H16ClNS/c1-9-7-10(13)4-5-12(9)14-11-3-2-6-15-8-11/h4-5,7,11,14H,2-3,6,8H2,1H3/t11-/m0/s1. The Morgan fingerprint density at radius 2 is 2.33 bits per heavy atom. The van der Waals surface area contributed by atoms with Gasteiger partial charge in [0.25, 0.3) is 0 Å². The second-order valence-corrected chi connectivity index (χ2v) is 5.60. The van der Waals surface area contributed by atoms with Crippen LogP contribution < -0.4 is 5.32 Å². The van der Waals surface area contributed by atoms with Crippen molar-refractivity contribution in [3.63, 3.8) is 0 Å². The minimum atomic E-state index is 0.628. The zero-order chi connectivity index (χ0) is 10.7. The Bertz CT molecular complexity index is 334. The van der Waals surface area contributed by atoms with Crippen LogP contribution in [-0.4, -0.2) is 17.5 Å². The number of thioether (sulfide) groups is 1. The maximum atomic E-state index is 5.93. The van der Waals surface area contributed by atoms with E-state index in [1.54, 1.807) is 0 Å². The number of hydrogen-bond acceptors (Lipinski definition) is 2. The van der Waals surface area contributed by atoms with E-state index in [9.17, 15) is 0 Å². The monoisotopic (exact) mass is 241 g/mol. The summed E-state index contributed by atoms with van der Waals surface area (Å²) in [5.74, 6) is 2.54. The lowest BCUT2D eigenvalue weighted by Gasteiger charge is -2.24. The summed E-state index contributed by atoms with van der Waals surface area (Å²) in [6.45, 7) is 2.10. The van der Waals surface area contributed by atoms with E-state index in [0.717, 1.165) is 5.02 Å². The van der Waals surface area contributed by atoms with Gasteiger partial charge in [0, 0.05) is 22.5 Å². The van der Waals surface area contributed by atoms with Crippen LogP contribution in [0.25, 0.3) is 0 Å². The Hall–Kier alpha value is -0.340. The topological polar surface area (TPSA) is 12.0 Å². The number of benzene rings is 1. The normalized spacial score (nSPS) is 21.3. The van der Waals surface area contributed by atoms with Crippen molar-refractivity contribution in [2.75, 3.05) is 16.8 Å². The molecule has 1 fully saturated rings. The molecule has 15 heavy (non-hydrogen) atoms. The van der Waals surface area contributed by atoms with E-state index >= 15 is 0 Å². The zero-order valence-corrected chi connectivity index (χ0v) is 10.5. The van der Waals surface area contributed by atoms with Gasteiger partial charge in [-0.25, -0.2) is 0 Å². The van der Waals surface area contributed by atoms with Crippen LogP contribution in [0.1, 0.15) is 18.4 Å². The number of nitrogens with one attached hydrogen (secondary N) is 1. The van der Waals surface area contributed by atoms with Crippen LogP contribution in [-0.2, 0) is 0 Å². The van der Waals surface area contributed by atoms with Crippen LogP contribution in [0, 0.1) is 6.92 Å². The third kappa shape index (κ3) is 3.05. The van der Waals surface area contributed by atoms with E-state index in [1.807, 2.05) is 23.9 Å². The number of aryl methyl sites for hydroxylation is 1. The molecule has 0 saturated carbocycles. The highest BCUT2D eigenvalue weighted by atomic mass is 35.5. The van der Waals surface area contributed by atoms with E-state index in [-0.39, 0.29) is 0 Å². The number of halogens is 1. The molecule has 1 nitrogen and oxygen atoms in total. The second-order valence-electron chi connectivity index (χ2n) is 4.02. The summed E-state index contributed by atoms with van der Waals surface area (Å²) in [6.07, 6.45) is 2.62. The first-order valence-electron chi connectivity index (χ1n) is 5.36. The quantitative estimate of drug-likeness (QED) is 0.841. The first kappa shape index (κ1) is 11.2. The van der Waals surface area contributed by atoms with Crippen LogP contribution in [0.2, 0.25) is 5.02 Å². The van der Waals surface area contributed by atoms with Crippen LogP contribution >= 0.6 is 23.4 Å². The molecule has 1 saturated heterocycles. The van der Waals surface area contributed by atoms with Gasteiger partial charge in [-0.05, 0) is 49.3 Å². The lowest BCUT2D eigenvalue weighted by Crippen LogP contribution is -2.26. The molecule has 0 unspecified atom stereocenters. The summed E-state index contributed by atoms with van der Waals surface area (Å²) < 4.78 is 0. The van der Waals surface area contributed by atoms with Crippen molar-refractivity contribution >= 4 is 29.1 Å². The van der Waals surface area contributed by atoms with Crippen molar-refractivity contribution in [3.8, 4) is 0 Å². The van der Waals surface area contributed by atoms with Gasteiger partial charge in [0.1, 0.15) is 0 Å². The summed E-state index contributed by atoms with van der Waals surface area (Å²) >= 11 is 7.97. The molecule has 0 aliphatic carbocycles. The minimum absolute atomic E-state index is 0.628. The zero-order valence-electron chi connectivity index (χ0n) is 8.92. The molecule has 0 radical (unpaired) electrons. The van der Waals surface area contributed by atoms with Crippen LogP contribution in [0.5, 0.6) is 0 Å². The third-order valence-corrected chi connectivity index (χ3v) is 4.16. The Kier molecular flexibility index (Phi) is 3.81. The van der Waals surface area contributed by atoms with E-state index in [0.29, 0.717) is 6.04 Å². The van der Waals surface area contributed by atoms with Gasteiger partial charge >= 0.3 is 0 Å². The Morgan fingerprint density at radius 1 is 1.47 bits per heavy atom. The highest BCUT2D eigenvalue weighted by Gasteiger charge is 2.13. The fourth-order valence-electron chi connectivity index (χ4n) is 1.86. The first-order chi connectivity index (χ1) is 7.25. The van der Waals surface area contributed by atoms with Gasteiger partial charge in [-0.3, -0.25) is 0 Å². The molecule has 0 aromatic heterocycles. The molecular formula is C12H16ClNS. The molecule has 1 aromatic carbocycles. The number of rotatable bonds is 2. The first-order valence-corrected chi connectivity index (χ1v) is 6.89. The van der Waals surface area contributed by atoms with Crippen molar-refractivity contribution in [2.24, 2.45) is 0 Å². The Balaban J connectivity index is 2.03. The van der Waals surface area contributed by atoms with Crippen LogP contribution in [0.4, 0.5) is 5.69 Å². The van der Waals surface area contributed by atoms with Gasteiger partial charge in [-0.15, -0.1) is 0 Å². The van der Waals surface area contributed by atoms with Gasteiger partial charge < -0.3 is 5.32 Å². The van der Waals surface area contributed by atoms with Crippen LogP contribution in [0.3, 0.4) is 0 Å². The summed E-state index contributed by atoms with van der Waals surface area (Å²) in [5.41, 5.74) is 2.46. The van der Waals surface area contributed by atoms with Gasteiger partial charge in [0.05, 0.1) is 0 Å². The molecule has 3 heteroatoms. The Labute approximate surface area is 101 Å². The molecule has 1 aliphatic rings. The smallest absolute Gasteiger partial charge is 0.0410 e. The van der Waals surface area contributed by atoms with Crippen molar-refractivity contribution in [2.45, 2.75) is 25.8 Å². The number of anilines is 1. The van der Waals surface area contributed by atoms with Gasteiger partial charge in [0.2, 0.25) is 0 Å². The van der Waals surface area contributed by atoms with Gasteiger partial charge in [-0.2, -0.15) is 11.8 Å². The van der Waals surface area contributed by atoms with E-state index < -0.39 is 0 Å². The number of hydrogen-bond donors (Lipinski definition) is 1. The SMILES string of the molecule is Cc1cc(Cl)ccc1N[C@H]1CCCSC1. The van der Waals surface area contributed by atoms with Crippen molar-refractivity contribution in [1.29, 1.82) is 0 Å². The average molecular weight is 242 g/mol. The average Bonchev–Trinajstić information content (AvgIpc) is 2.24. The molecule has 1 atom stereocenters. The third-order valence-electron chi connectivity index (χ3n) is 2.71. The molecule has 0 spiro atoms.